The van der Waals surface area contributed by atoms with Crippen molar-refractivity contribution in [3.63, 3.8) is 0 Å². The van der Waals surface area contributed by atoms with Gasteiger partial charge in [0.15, 0.2) is 0 Å². The van der Waals surface area contributed by atoms with Crippen LogP contribution in [0.15, 0.2) is 30.3 Å². The van der Waals surface area contributed by atoms with Crippen LogP contribution in [0.2, 0.25) is 0 Å². The Labute approximate surface area is 90.9 Å². The Morgan fingerprint density at radius 2 is 1.93 bits per heavy atom. The van der Waals surface area contributed by atoms with Crippen molar-refractivity contribution in [2.45, 2.75) is 38.8 Å². The molecule has 0 N–H and O–H groups in total. The fraction of sp³-hybridized carbons (Fsp3) is 0.462. The van der Waals surface area contributed by atoms with E-state index in [4.69, 9.17) is 0 Å². The van der Waals surface area contributed by atoms with Gasteiger partial charge in [0.25, 0.3) is 0 Å². The van der Waals surface area contributed by atoms with Crippen LogP contribution in [0.3, 0.4) is 0 Å². The number of carbonyl (C=O) groups excluding carboxylic acids is 1. The molecule has 1 saturated heterocycles. The molecule has 1 amide bonds. The number of rotatable bonds is 2. The maximum atomic E-state index is 11.7. The molecule has 0 saturated carbocycles. The standard InChI is InChI=1S/C13H17NO/c1-10(2)14-12(8-9-13(14)15)11-6-4-3-5-7-11/h3-7,10,12H,8-9H2,1-2H3. The maximum absolute atomic E-state index is 11.7. The summed E-state index contributed by atoms with van der Waals surface area (Å²) in [5.74, 6) is 0.291. The monoisotopic (exact) mass is 203 g/mol. The van der Waals surface area contributed by atoms with Crippen molar-refractivity contribution < 1.29 is 4.79 Å². The summed E-state index contributed by atoms with van der Waals surface area (Å²) in [5, 5.41) is 0. The van der Waals surface area contributed by atoms with Gasteiger partial charge in [-0.3, -0.25) is 4.79 Å². The van der Waals surface area contributed by atoms with Crippen LogP contribution in [0.4, 0.5) is 0 Å². The third-order valence-electron chi connectivity index (χ3n) is 3.00. The Kier molecular flexibility index (Phi) is 2.76. The minimum Gasteiger partial charge on any atom is -0.333 e. The molecule has 0 aliphatic carbocycles. The molecular formula is C13H17NO. The molecule has 1 aromatic rings. The summed E-state index contributed by atoms with van der Waals surface area (Å²) >= 11 is 0. The average Bonchev–Trinajstić information content (AvgIpc) is 2.61. The van der Waals surface area contributed by atoms with E-state index in [2.05, 4.69) is 26.0 Å². The lowest BCUT2D eigenvalue weighted by Crippen LogP contribution is -2.34. The van der Waals surface area contributed by atoms with Gasteiger partial charge in [-0.05, 0) is 25.8 Å². The smallest absolute Gasteiger partial charge is 0.223 e. The predicted molar refractivity (Wildman–Crippen MR) is 60.4 cm³/mol. The van der Waals surface area contributed by atoms with Crippen LogP contribution in [0, 0.1) is 0 Å². The number of hydrogen-bond donors (Lipinski definition) is 0. The van der Waals surface area contributed by atoms with Crippen LogP contribution in [-0.2, 0) is 4.79 Å². The zero-order chi connectivity index (χ0) is 10.8. The van der Waals surface area contributed by atoms with Crippen LogP contribution in [0.1, 0.15) is 38.3 Å². The highest BCUT2D eigenvalue weighted by Gasteiger charge is 2.33. The highest BCUT2D eigenvalue weighted by atomic mass is 16.2. The third-order valence-corrected chi connectivity index (χ3v) is 3.00. The molecule has 1 fully saturated rings. The third kappa shape index (κ3) is 1.89. The fourth-order valence-corrected chi connectivity index (χ4v) is 2.35. The van der Waals surface area contributed by atoms with Crippen molar-refractivity contribution in [3.05, 3.63) is 35.9 Å². The molecule has 0 spiro atoms. The molecule has 0 bridgehead atoms. The molecule has 2 rings (SSSR count). The van der Waals surface area contributed by atoms with E-state index in [-0.39, 0.29) is 0 Å². The lowest BCUT2D eigenvalue weighted by molar-refractivity contribution is -0.130. The Balaban J connectivity index is 2.26. The topological polar surface area (TPSA) is 20.3 Å². The number of amides is 1. The molecule has 1 atom stereocenters. The van der Waals surface area contributed by atoms with E-state index < -0.39 is 0 Å². The first-order chi connectivity index (χ1) is 7.20. The number of benzene rings is 1. The van der Waals surface area contributed by atoms with Crippen molar-refractivity contribution in [1.29, 1.82) is 0 Å². The highest BCUT2D eigenvalue weighted by Crippen LogP contribution is 2.33. The largest absolute Gasteiger partial charge is 0.333 e. The van der Waals surface area contributed by atoms with Gasteiger partial charge in [0, 0.05) is 12.5 Å². The van der Waals surface area contributed by atoms with Gasteiger partial charge in [-0.15, -0.1) is 0 Å². The maximum Gasteiger partial charge on any atom is 0.223 e. The van der Waals surface area contributed by atoms with Gasteiger partial charge < -0.3 is 4.90 Å². The molecule has 2 heteroatoms. The number of nitrogens with zero attached hydrogens (tertiary/aromatic N) is 1. The van der Waals surface area contributed by atoms with Crippen molar-refractivity contribution in [3.8, 4) is 0 Å². The summed E-state index contributed by atoms with van der Waals surface area (Å²) in [6.07, 6.45) is 1.65. The highest BCUT2D eigenvalue weighted by molar-refractivity contribution is 5.79. The van der Waals surface area contributed by atoms with E-state index in [0.717, 1.165) is 6.42 Å². The molecule has 15 heavy (non-hydrogen) atoms. The Hall–Kier alpha value is -1.31. The van der Waals surface area contributed by atoms with Gasteiger partial charge in [-0.25, -0.2) is 0 Å². The second-order valence-corrected chi connectivity index (χ2v) is 4.36. The van der Waals surface area contributed by atoms with Crippen molar-refractivity contribution in [2.24, 2.45) is 0 Å². The van der Waals surface area contributed by atoms with E-state index in [0.29, 0.717) is 24.4 Å². The molecule has 1 heterocycles. The molecule has 1 aliphatic rings. The molecule has 1 aromatic carbocycles. The van der Waals surface area contributed by atoms with Gasteiger partial charge in [-0.1, -0.05) is 30.3 Å². The summed E-state index contributed by atoms with van der Waals surface area (Å²) in [6, 6.07) is 10.9. The van der Waals surface area contributed by atoms with Gasteiger partial charge in [-0.2, -0.15) is 0 Å². The zero-order valence-electron chi connectivity index (χ0n) is 9.31. The molecule has 1 aliphatic heterocycles. The molecule has 0 aromatic heterocycles. The van der Waals surface area contributed by atoms with Gasteiger partial charge in [0.1, 0.15) is 0 Å². The first kappa shape index (κ1) is 10.2. The van der Waals surface area contributed by atoms with Crippen LogP contribution in [-0.4, -0.2) is 16.8 Å². The van der Waals surface area contributed by atoms with E-state index in [1.807, 2.05) is 23.1 Å². The van der Waals surface area contributed by atoms with Crippen LogP contribution in [0.25, 0.3) is 0 Å². The average molecular weight is 203 g/mol. The SMILES string of the molecule is CC(C)N1C(=O)CCC1c1ccccc1. The van der Waals surface area contributed by atoms with Gasteiger partial charge in [0.2, 0.25) is 5.91 Å². The minimum absolute atomic E-state index is 0.290. The second kappa shape index (κ2) is 4.05. The van der Waals surface area contributed by atoms with Gasteiger partial charge in [0.05, 0.1) is 6.04 Å². The first-order valence-electron chi connectivity index (χ1n) is 5.56. The molecule has 1 unspecified atom stereocenters. The first-order valence-corrected chi connectivity index (χ1v) is 5.56. The summed E-state index contributed by atoms with van der Waals surface area (Å²) in [4.78, 5) is 13.7. The Morgan fingerprint density at radius 1 is 1.27 bits per heavy atom. The van der Waals surface area contributed by atoms with E-state index >= 15 is 0 Å². The normalized spacial score (nSPS) is 21.4. The molecular weight excluding hydrogens is 186 g/mol. The van der Waals surface area contributed by atoms with Crippen molar-refractivity contribution in [1.82, 2.24) is 4.90 Å². The summed E-state index contributed by atoms with van der Waals surface area (Å²) < 4.78 is 0. The Morgan fingerprint density at radius 3 is 2.53 bits per heavy atom. The Bertz CT molecular complexity index is 345. The lowest BCUT2D eigenvalue weighted by Gasteiger charge is -2.29. The van der Waals surface area contributed by atoms with E-state index in [1.165, 1.54) is 5.56 Å². The molecule has 0 radical (unpaired) electrons. The summed E-state index contributed by atoms with van der Waals surface area (Å²) in [5.41, 5.74) is 1.26. The van der Waals surface area contributed by atoms with Crippen LogP contribution in [0.5, 0.6) is 0 Å². The minimum atomic E-state index is 0.290. The number of hydrogen-bond acceptors (Lipinski definition) is 1. The zero-order valence-corrected chi connectivity index (χ0v) is 9.31. The summed E-state index contributed by atoms with van der Waals surface area (Å²) in [7, 11) is 0. The lowest BCUT2D eigenvalue weighted by atomic mass is 10.0. The van der Waals surface area contributed by atoms with Crippen LogP contribution >= 0.6 is 0 Å². The molecule has 80 valence electrons. The molecule has 2 nitrogen and oxygen atoms in total. The fourth-order valence-electron chi connectivity index (χ4n) is 2.35. The van der Waals surface area contributed by atoms with E-state index in [9.17, 15) is 4.79 Å². The second-order valence-electron chi connectivity index (χ2n) is 4.36. The number of likely N-dealkylation sites (tertiary alicyclic amines) is 1. The van der Waals surface area contributed by atoms with E-state index in [1.54, 1.807) is 0 Å². The quantitative estimate of drug-likeness (QED) is 0.723. The predicted octanol–water partition coefficient (Wildman–Crippen LogP) is 2.76. The summed E-state index contributed by atoms with van der Waals surface area (Å²) in [6.45, 7) is 4.16. The van der Waals surface area contributed by atoms with Crippen molar-refractivity contribution in [2.75, 3.05) is 0 Å². The van der Waals surface area contributed by atoms with Crippen molar-refractivity contribution >= 4 is 5.91 Å². The number of carbonyl (C=O) groups is 1. The van der Waals surface area contributed by atoms with Gasteiger partial charge >= 0.3 is 0 Å². The van der Waals surface area contributed by atoms with Crippen LogP contribution < -0.4 is 0 Å².